The van der Waals surface area contributed by atoms with E-state index in [-0.39, 0.29) is 69.0 Å². The number of rotatable bonds is 37. The summed E-state index contributed by atoms with van der Waals surface area (Å²) in [5.41, 5.74) is 6.39. The number of carbonyl (C=O) groups excluding carboxylic acids is 10. The summed E-state index contributed by atoms with van der Waals surface area (Å²) in [5, 5.41) is 62.7. The number of carboxylic acid groups (broad SMARTS) is 1. The van der Waals surface area contributed by atoms with Gasteiger partial charge in [-0.15, -0.1) is 0 Å². The summed E-state index contributed by atoms with van der Waals surface area (Å²) in [6, 6.07) is -2.60. The standard InChI is InChI=1S/C59H97N11O15/c1-11-15-17-22-38(60)30-47(74)61-41(23-25-71)50(75)62-40(14-4)58(83)70-32-39(73)31-46(70)55(80)63-42(24-26-72)51(76)65-45(29-37-20-18-16-19-21-37)52(77)64-43(27-33(5)6)53(78)67-49(36(10)13-3)57(82)68-48(35(9)12-2)56(81)66-44(28-34(7)8)54(79)69-59(84)85/h14,16,18-21,33-36,38-39,41-46,48-49,71-73H,11-13,15,17,22-32,60H2,1-10H3,(H,61,74)(H,62,75)(H,63,80)(H,64,77)(H,65,76)(H,66,81)(H,67,78)(H,68,82)(H,69,79)(H,84,85)/b40-14+/t35-,36-,38+,39+,41-,42-,43+,44-,45+,46-,48+,49-/m0/s1. The fourth-order valence-corrected chi connectivity index (χ4v) is 9.59. The molecule has 1 aliphatic heterocycles. The fourth-order valence-electron chi connectivity index (χ4n) is 9.59. The number of likely N-dealkylation sites (tertiary alicyclic amines) is 1. The Bertz CT molecular complexity index is 2410. The molecule has 0 unspecified atom stereocenters. The van der Waals surface area contributed by atoms with Gasteiger partial charge in [-0.25, -0.2) is 4.79 Å². The molecule has 0 bridgehead atoms. The van der Waals surface area contributed by atoms with Crippen molar-refractivity contribution in [3.8, 4) is 0 Å². The summed E-state index contributed by atoms with van der Waals surface area (Å²) in [6.07, 6.45) is 1.56. The molecule has 26 nitrogen and oxygen atoms in total. The first-order valence-electron chi connectivity index (χ1n) is 29.8. The zero-order valence-electron chi connectivity index (χ0n) is 51.2. The average molecular weight is 1200 g/mol. The molecule has 1 aromatic rings. The summed E-state index contributed by atoms with van der Waals surface area (Å²) in [5.74, 6) is -9.58. The first kappa shape index (κ1) is 74.1. The molecule has 1 saturated heterocycles. The van der Waals surface area contributed by atoms with Crippen LogP contribution in [0.4, 0.5) is 4.79 Å². The predicted octanol–water partition coefficient (Wildman–Crippen LogP) is 0.646. The third-order valence-electron chi connectivity index (χ3n) is 14.8. The number of aliphatic hydroxyl groups excluding tert-OH is 3. The van der Waals surface area contributed by atoms with Crippen LogP contribution in [-0.4, -0.2) is 171 Å². The number of aliphatic hydroxyl groups is 3. The highest BCUT2D eigenvalue weighted by Crippen LogP contribution is 2.22. The Morgan fingerprint density at radius 1 is 0.612 bits per heavy atom. The van der Waals surface area contributed by atoms with Gasteiger partial charge in [0.2, 0.25) is 47.3 Å². The second-order valence-electron chi connectivity index (χ2n) is 22.9. The number of allylic oxidation sites excluding steroid dienone is 1. The van der Waals surface area contributed by atoms with Gasteiger partial charge in [0.15, 0.2) is 0 Å². The smallest absolute Gasteiger partial charge is 0.411 e. The third-order valence-corrected chi connectivity index (χ3v) is 14.8. The van der Waals surface area contributed by atoms with E-state index < -0.39 is 151 Å². The number of nitrogens with one attached hydrogen (secondary N) is 9. The summed E-state index contributed by atoms with van der Waals surface area (Å²) >= 11 is 0. The van der Waals surface area contributed by atoms with Crippen LogP contribution in [-0.2, 0) is 54.4 Å². The van der Waals surface area contributed by atoms with Crippen molar-refractivity contribution >= 4 is 65.2 Å². The van der Waals surface area contributed by atoms with Crippen LogP contribution in [0.3, 0.4) is 0 Å². The Balaban J connectivity index is 2.42. The number of benzene rings is 1. The van der Waals surface area contributed by atoms with Crippen LogP contribution < -0.4 is 53.6 Å². The molecule has 1 heterocycles. The molecule has 2 rings (SSSR count). The van der Waals surface area contributed by atoms with Crippen molar-refractivity contribution in [1.29, 1.82) is 0 Å². The fraction of sp³-hybridized carbons (Fsp3) is 0.678. The second kappa shape index (κ2) is 38.1. The van der Waals surface area contributed by atoms with E-state index in [9.17, 15) is 73.2 Å². The summed E-state index contributed by atoms with van der Waals surface area (Å²) in [6.45, 7) is 16.1. The summed E-state index contributed by atoms with van der Waals surface area (Å²) in [7, 11) is 0. The van der Waals surface area contributed by atoms with E-state index in [0.717, 1.165) is 24.2 Å². The van der Waals surface area contributed by atoms with Crippen molar-refractivity contribution in [2.45, 2.75) is 213 Å². The highest BCUT2D eigenvalue weighted by Gasteiger charge is 2.42. The Kier molecular flexibility index (Phi) is 33.2. The molecule has 1 aromatic carbocycles. The second-order valence-corrected chi connectivity index (χ2v) is 22.9. The monoisotopic (exact) mass is 1200 g/mol. The molecule has 1 aliphatic rings. The zero-order valence-corrected chi connectivity index (χ0v) is 51.2. The van der Waals surface area contributed by atoms with Gasteiger partial charge < -0.3 is 73.6 Å². The average Bonchev–Trinajstić information content (AvgIpc) is 2.95. The summed E-state index contributed by atoms with van der Waals surface area (Å²) in [4.78, 5) is 151. The van der Waals surface area contributed by atoms with Gasteiger partial charge >= 0.3 is 6.09 Å². The van der Waals surface area contributed by atoms with Crippen LogP contribution in [0.5, 0.6) is 0 Å². The Morgan fingerprint density at radius 3 is 1.61 bits per heavy atom. The predicted molar refractivity (Wildman–Crippen MR) is 316 cm³/mol. The van der Waals surface area contributed by atoms with Crippen molar-refractivity contribution in [1.82, 2.24) is 52.8 Å². The maximum atomic E-state index is 14.6. The van der Waals surface area contributed by atoms with Crippen molar-refractivity contribution < 1.29 is 73.2 Å². The molecule has 26 heteroatoms. The van der Waals surface area contributed by atoms with Gasteiger partial charge in [0.25, 0.3) is 11.8 Å². The number of nitrogens with two attached hydrogens (primary N) is 1. The molecule has 15 N–H and O–H groups in total. The molecule has 0 aliphatic carbocycles. The van der Waals surface area contributed by atoms with Gasteiger partial charge in [-0.1, -0.05) is 131 Å². The summed E-state index contributed by atoms with van der Waals surface area (Å²) < 4.78 is 0. The number of hydrogen-bond acceptors (Lipinski definition) is 15. The van der Waals surface area contributed by atoms with Gasteiger partial charge in [0.1, 0.15) is 54.0 Å². The topological polar surface area (TPSA) is 406 Å². The van der Waals surface area contributed by atoms with Gasteiger partial charge in [-0.2, -0.15) is 0 Å². The molecule has 0 spiro atoms. The molecule has 11 amide bonds. The lowest BCUT2D eigenvalue weighted by molar-refractivity contribution is -0.138. The van der Waals surface area contributed by atoms with E-state index in [4.69, 9.17) is 5.73 Å². The largest absolute Gasteiger partial charge is 0.465 e. The first-order valence-corrected chi connectivity index (χ1v) is 29.8. The number of carbonyl (C=O) groups is 11. The maximum Gasteiger partial charge on any atom is 0.411 e. The van der Waals surface area contributed by atoms with E-state index in [1.54, 1.807) is 91.0 Å². The molecule has 12 atom stereocenters. The number of imide groups is 1. The van der Waals surface area contributed by atoms with Crippen LogP contribution >= 0.6 is 0 Å². The third kappa shape index (κ3) is 25.6. The minimum atomic E-state index is -1.60. The van der Waals surface area contributed by atoms with Crippen LogP contribution in [0.15, 0.2) is 42.1 Å². The quantitative estimate of drug-likeness (QED) is 0.0321. The molecule has 0 aromatic heterocycles. The van der Waals surface area contributed by atoms with E-state index in [1.165, 1.54) is 13.0 Å². The number of unbranched alkanes of at least 4 members (excludes halogenated alkanes) is 2. The SMILES string of the molecule is C/C=C(/NC(=O)[C@H](CCO)NC(=O)C[C@H](N)CCCCC)C(=O)N1C[C@H](O)C[C@H]1C(=O)N[C@@H](CCO)C(=O)N[C@H](Cc1ccccc1)C(=O)N[C@H](CC(C)C)C(=O)N[C@H](C(=O)N[C@@H](C(=O)N[C@@H](CC(C)C)C(=O)NC(=O)O)[C@@H](C)CC)[C@@H](C)CC. The molecular formula is C59H97N11O15. The van der Waals surface area contributed by atoms with Gasteiger partial charge in [0, 0.05) is 45.1 Å². The minimum Gasteiger partial charge on any atom is -0.465 e. The Labute approximate surface area is 499 Å². The molecular weight excluding hydrogens is 1100 g/mol. The van der Waals surface area contributed by atoms with Gasteiger partial charge in [-0.05, 0) is 68.3 Å². The number of nitrogens with zero attached hydrogens (tertiary/aromatic N) is 1. The van der Waals surface area contributed by atoms with Crippen molar-refractivity contribution in [2.75, 3.05) is 19.8 Å². The highest BCUT2D eigenvalue weighted by molar-refractivity contribution is 6.03. The van der Waals surface area contributed by atoms with Crippen molar-refractivity contribution in [3.05, 3.63) is 47.7 Å². The zero-order chi connectivity index (χ0) is 64.1. The number of β-amino-alcohol motifs (C(OH)–C–C–N with tert-alkyl or cyclic N) is 1. The van der Waals surface area contributed by atoms with E-state index in [0.29, 0.717) is 24.8 Å². The van der Waals surface area contributed by atoms with Gasteiger partial charge in [-0.3, -0.25) is 53.3 Å². The number of amides is 11. The minimum absolute atomic E-state index is 0.0461. The molecule has 0 saturated carbocycles. The Hall–Kier alpha value is -7.03. The highest BCUT2D eigenvalue weighted by atomic mass is 16.4. The van der Waals surface area contributed by atoms with Crippen LogP contribution in [0, 0.1) is 23.7 Å². The van der Waals surface area contributed by atoms with E-state index in [2.05, 4.69) is 42.5 Å². The van der Waals surface area contributed by atoms with Crippen LogP contribution in [0.1, 0.15) is 152 Å². The lowest BCUT2D eigenvalue weighted by Gasteiger charge is -2.31. The molecule has 1 fully saturated rings. The molecule has 85 heavy (non-hydrogen) atoms. The molecule has 478 valence electrons. The van der Waals surface area contributed by atoms with Gasteiger partial charge in [0.05, 0.1) is 6.10 Å². The van der Waals surface area contributed by atoms with Crippen molar-refractivity contribution in [3.63, 3.8) is 0 Å². The lowest BCUT2D eigenvalue weighted by Crippen LogP contribution is -2.62. The van der Waals surface area contributed by atoms with Crippen molar-refractivity contribution in [2.24, 2.45) is 29.4 Å². The molecule has 0 radical (unpaired) electrons. The van der Waals surface area contributed by atoms with E-state index >= 15 is 0 Å². The normalized spacial score (nSPS) is 17.7. The number of hydrogen-bond donors (Lipinski definition) is 14. The lowest BCUT2D eigenvalue weighted by atomic mass is 9.93. The maximum absolute atomic E-state index is 14.6. The first-order chi connectivity index (χ1) is 40.1. The van der Waals surface area contributed by atoms with Crippen LogP contribution in [0.2, 0.25) is 0 Å². The van der Waals surface area contributed by atoms with E-state index in [1.807, 2.05) is 6.92 Å². The van der Waals surface area contributed by atoms with Crippen LogP contribution in [0.25, 0.3) is 0 Å². The Morgan fingerprint density at radius 2 is 1.09 bits per heavy atom.